The summed E-state index contributed by atoms with van der Waals surface area (Å²) in [7, 11) is 0. The van der Waals surface area contributed by atoms with Crippen LogP contribution in [0.1, 0.15) is 39.2 Å². The lowest BCUT2D eigenvalue weighted by Gasteiger charge is -2.37. The highest BCUT2D eigenvalue weighted by atomic mass is 16.8. The molecule has 8 nitrogen and oxygen atoms in total. The van der Waals surface area contributed by atoms with Gasteiger partial charge in [-0.3, -0.25) is 4.98 Å². The molecule has 3 aliphatic rings. The summed E-state index contributed by atoms with van der Waals surface area (Å²) in [6, 6.07) is 4.06. The highest BCUT2D eigenvalue weighted by molar-refractivity contribution is 6.02. The van der Waals surface area contributed by atoms with Gasteiger partial charge >= 0.3 is 0 Å². The highest BCUT2D eigenvalue weighted by Crippen LogP contribution is 2.39. The number of hydrogen-bond acceptors (Lipinski definition) is 7. The van der Waals surface area contributed by atoms with Crippen LogP contribution in [-0.2, 0) is 11.3 Å². The van der Waals surface area contributed by atoms with Crippen LogP contribution in [0.3, 0.4) is 0 Å². The Morgan fingerprint density at radius 2 is 2.03 bits per heavy atom. The van der Waals surface area contributed by atoms with E-state index in [0.29, 0.717) is 35.5 Å². The molecule has 2 aliphatic carbocycles. The zero-order chi connectivity index (χ0) is 24.1. The molecule has 1 aromatic rings. The third-order valence-electron chi connectivity index (χ3n) is 6.78. The second-order valence-corrected chi connectivity index (χ2v) is 9.46. The zero-order valence-electron chi connectivity index (χ0n) is 19.9. The van der Waals surface area contributed by atoms with Gasteiger partial charge in [0.2, 0.25) is 17.5 Å². The van der Waals surface area contributed by atoms with Crippen molar-refractivity contribution in [3.63, 3.8) is 0 Å². The first-order valence-electron chi connectivity index (χ1n) is 11.8. The minimum absolute atomic E-state index is 0.0515. The van der Waals surface area contributed by atoms with Gasteiger partial charge in [0.15, 0.2) is 0 Å². The number of ether oxygens (including phenoxy) is 1. The number of pyridine rings is 1. The number of aromatic nitrogens is 1. The fourth-order valence-corrected chi connectivity index (χ4v) is 4.83. The van der Waals surface area contributed by atoms with Crippen molar-refractivity contribution in [1.82, 2.24) is 15.7 Å². The molecule has 2 heterocycles. The molecule has 180 valence electrons. The van der Waals surface area contributed by atoms with Crippen molar-refractivity contribution in [3.05, 3.63) is 87.9 Å². The van der Waals surface area contributed by atoms with Crippen LogP contribution in [0.2, 0.25) is 0 Å². The summed E-state index contributed by atoms with van der Waals surface area (Å²) in [6.07, 6.45) is 14.2. The number of hydrogen-bond donors (Lipinski definition) is 2. The largest absolute Gasteiger partial charge is 0.612 e. The van der Waals surface area contributed by atoms with Crippen LogP contribution in [-0.4, -0.2) is 28.0 Å². The van der Waals surface area contributed by atoms with E-state index in [2.05, 4.69) is 53.7 Å². The predicted molar refractivity (Wildman–Crippen MR) is 133 cm³/mol. The van der Waals surface area contributed by atoms with Crippen LogP contribution in [0.5, 0.6) is 0 Å². The molecule has 4 rings (SSSR count). The Morgan fingerprint density at radius 1 is 1.24 bits per heavy atom. The second-order valence-electron chi connectivity index (χ2n) is 9.46. The van der Waals surface area contributed by atoms with E-state index in [-0.39, 0.29) is 5.71 Å². The minimum Gasteiger partial charge on any atom is -0.612 e. The third-order valence-corrected chi connectivity index (χ3v) is 6.78. The zero-order valence-corrected chi connectivity index (χ0v) is 19.9. The van der Waals surface area contributed by atoms with Crippen LogP contribution in [0, 0.1) is 34.1 Å². The molecule has 0 saturated heterocycles. The molecule has 1 aliphatic heterocycles. The van der Waals surface area contributed by atoms with Crippen LogP contribution >= 0.6 is 0 Å². The summed E-state index contributed by atoms with van der Waals surface area (Å²) in [5.41, 5.74) is 6.30. The van der Waals surface area contributed by atoms with E-state index in [1.807, 2.05) is 12.3 Å². The Balaban J connectivity index is 1.36. The lowest BCUT2D eigenvalue weighted by molar-refractivity contribution is -0.377. The molecule has 0 saturated carbocycles. The molecule has 0 aromatic carbocycles. The van der Waals surface area contributed by atoms with Crippen molar-refractivity contribution in [2.45, 2.75) is 40.2 Å². The van der Waals surface area contributed by atoms with Crippen LogP contribution in [0.15, 0.2) is 77.0 Å². The first-order valence-corrected chi connectivity index (χ1v) is 11.8. The lowest BCUT2D eigenvalue weighted by atomic mass is 9.70. The average Bonchev–Trinajstić information content (AvgIpc) is 3.30. The standard InChI is InChI=1S/C26H32N5O3/c1-17(2)24-12-21(18(3)11-22(24)16-28-15-19-5-4-10-27-14-19)13-25-29-30-26(34-25)20-6-8-23(9-7-20)31(32)33/h4-11,14,17,21-22,24,28,30H,12-13,15-16H2,1-3H3/q-1. The average molecular weight is 463 g/mol. The number of hydrazone groups is 1. The van der Waals surface area contributed by atoms with Crippen LogP contribution in [0.25, 0.3) is 0 Å². The molecular formula is C26H32N5O3-. The van der Waals surface area contributed by atoms with Crippen molar-refractivity contribution in [3.8, 4) is 0 Å². The molecule has 0 spiro atoms. The van der Waals surface area contributed by atoms with E-state index in [9.17, 15) is 10.4 Å². The molecule has 34 heavy (non-hydrogen) atoms. The van der Waals surface area contributed by atoms with E-state index < -0.39 is 4.90 Å². The molecular weight excluding hydrogens is 430 g/mol. The fourth-order valence-electron chi connectivity index (χ4n) is 4.83. The summed E-state index contributed by atoms with van der Waals surface area (Å²) in [5.74, 6) is 3.17. The third kappa shape index (κ3) is 5.75. The lowest BCUT2D eigenvalue weighted by Crippen LogP contribution is -2.34. The Kier molecular flexibility index (Phi) is 7.47. The van der Waals surface area contributed by atoms with E-state index in [1.54, 1.807) is 18.3 Å². The maximum Gasteiger partial charge on any atom is 0.222 e. The Hall–Kier alpha value is -3.39. The number of allylic oxidation sites excluding steroid dienone is 6. The molecule has 0 radical (unpaired) electrons. The fraction of sp³-hybridized carbons (Fsp3) is 0.423. The minimum atomic E-state index is -0.412. The number of nitrogens with zero attached hydrogens (tertiary/aromatic N) is 3. The first-order chi connectivity index (χ1) is 16.4. The van der Waals surface area contributed by atoms with Crippen LogP contribution in [0.4, 0.5) is 0 Å². The second kappa shape index (κ2) is 10.7. The smallest absolute Gasteiger partial charge is 0.222 e. The Bertz CT molecular complexity index is 1050. The summed E-state index contributed by atoms with van der Waals surface area (Å²) in [6.45, 7) is 8.58. The molecule has 2 N–H and O–H groups in total. The van der Waals surface area contributed by atoms with Gasteiger partial charge in [0.25, 0.3) is 0 Å². The van der Waals surface area contributed by atoms with Crippen molar-refractivity contribution in [2.24, 2.45) is 28.8 Å². The van der Waals surface area contributed by atoms with Gasteiger partial charge in [0, 0.05) is 49.6 Å². The van der Waals surface area contributed by atoms with Crippen molar-refractivity contribution in [2.75, 3.05) is 6.54 Å². The van der Waals surface area contributed by atoms with Crippen molar-refractivity contribution < 1.29 is 9.64 Å². The summed E-state index contributed by atoms with van der Waals surface area (Å²) in [5, 5.41) is 29.7. The van der Waals surface area contributed by atoms with E-state index in [0.717, 1.165) is 31.5 Å². The van der Waals surface area contributed by atoms with Crippen LogP contribution < -0.4 is 10.7 Å². The van der Waals surface area contributed by atoms with Gasteiger partial charge in [0.1, 0.15) is 0 Å². The molecule has 0 fully saturated rings. The Morgan fingerprint density at radius 3 is 2.71 bits per heavy atom. The molecule has 8 heteroatoms. The van der Waals surface area contributed by atoms with E-state index >= 15 is 0 Å². The molecule has 0 bridgehead atoms. The number of nitrogens with one attached hydrogen (secondary N) is 2. The molecule has 3 atom stereocenters. The maximum atomic E-state index is 10.9. The van der Waals surface area contributed by atoms with E-state index in [1.165, 1.54) is 23.3 Å². The predicted octanol–water partition coefficient (Wildman–Crippen LogP) is 4.14. The van der Waals surface area contributed by atoms with Gasteiger partial charge in [-0.25, -0.2) is 5.43 Å². The van der Waals surface area contributed by atoms with Gasteiger partial charge in [-0.05, 0) is 60.8 Å². The summed E-state index contributed by atoms with van der Waals surface area (Å²) >= 11 is 0. The highest BCUT2D eigenvalue weighted by Gasteiger charge is 2.33. The topological polar surface area (TPSA) is 108 Å². The summed E-state index contributed by atoms with van der Waals surface area (Å²) in [4.78, 5) is 3.78. The maximum absolute atomic E-state index is 10.9. The SMILES string of the molecule is CC1=CC(CNCc2cccnc2)C(C(C)C)CC1CC1=NNC(=C2C=CC(=[N+]([O-])[O-])C=C2)O1. The summed E-state index contributed by atoms with van der Waals surface area (Å²) < 4.78 is 5.98. The van der Waals surface area contributed by atoms with Gasteiger partial charge in [-0.2, -0.15) is 4.90 Å². The van der Waals surface area contributed by atoms with E-state index in [4.69, 9.17) is 4.74 Å². The van der Waals surface area contributed by atoms with Crippen molar-refractivity contribution >= 4 is 11.6 Å². The normalized spacial score (nSPS) is 24.1. The van der Waals surface area contributed by atoms with Gasteiger partial charge < -0.3 is 20.5 Å². The first kappa shape index (κ1) is 23.8. The number of rotatable bonds is 7. The molecule has 3 unspecified atom stereocenters. The van der Waals surface area contributed by atoms with Gasteiger partial charge in [0.05, 0.1) is 0 Å². The Labute approximate surface area is 200 Å². The van der Waals surface area contributed by atoms with Gasteiger partial charge in [-0.15, -0.1) is 5.10 Å². The van der Waals surface area contributed by atoms with Gasteiger partial charge in [-0.1, -0.05) is 31.6 Å². The monoisotopic (exact) mass is 462 g/mol. The molecule has 0 amide bonds. The van der Waals surface area contributed by atoms with Crippen molar-refractivity contribution in [1.29, 1.82) is 0 Å². The molecule has 1 aromatic heterocycles. The quantitative estimate of drug-likeness (QED) is 0.358.